The maximum Gasteiger partial charge on any atom is 0.214 e. The van der Waals surface area contributed by atoms with Crippen LogP contribution >= 0.6 is 27.5 Å². The predicted molar refractivity (Wildman–Crippen MR) is 66.6 cm³/mol. The number of nitrogens with one attached hydrogen (secondary N) is 1. The first-order chi connectivity index (χ1) is 7.65. The highest BCUT2D eigenvalue weighted by molar-refractivity contribution is 9.10. The topological polar surface area (TPSA) is 24.9 Å². The predicted octanol–water partition coefficient (Wildman–Crippen LogP) is 4.38. The largest absolute Gasteiger partial charge is 0.339 e. The van der Waals surface area contributed by atoms with Gasteiger partial charge in [-0.15, -0.1) is 0 Å². The Kier molecular flexibility index (Phi) is 3.41. The van der Waals surface area contributed by atoms with Crippen molar-refractivity contribution in [3.05, 3.63) is 51.8 Å². The molecule has 2 rings (SSSR count). The van der Waals surface area contributed by atoms with E-state index in [1.165, 1.54) is 6.07 Å². The molecule has 2 aromatic rings. The molecule has 0 saturated carbocycles. The van der Waals surface area contributed by atoms with Crippen molar-refractivity contribution in [2.75, 3.05) is 5.32 Å². The minimum absolute atomic E-state index is 0.447. The SMILES string of the molecule is Fc1cccc(Nc2ccc(Cl)cc2Br)n1. The van der Waals surface area contributed by atoms with Gasteiger partial charge < -0.3 is 5.32 Å². The molecule has 1 aromatic heterocycles. The molecule has 0 amide bonds. The zero-order chi connectivity index (χ0) is 11.5. The van der Waals surface area contributed by atoms with E-state index in [4.69, 9.17) is 11.6 Å². The normalized spacial score (nSPS) is 10.2. The van der Waals surface area contributed by atoms with E-state index >= 15 is 0 Å². The summed E-state index contributed by atoms with van der Waals surface area (Å²) in [6.45, 7) is 0. The number of hydrogen-bond acceptors (Lipinski definition) is 2. The van der Waals surface area contributed by atoms with Gasteiger partial charge in [-0.25, -0.2) is 4.98 Å². The molecule has 0 aliphatic heterocycles. The molecule has 0 fully saturated rings. The average Bonchev–Trinajstić information content (AvgIpc) is 2.22. The van der Waals surface area contributed by atoms with Gasteiger partial charge in [0.2, 0.25) is 5.95 Å². The first-order valence-electron chi connectivity index (χ1n) is 4.50. The van der Waals surface area contributed by atoms with Crippen LogP contribution in [0.25, 0.3) is 0 Å². The van der Waals surface area contributed by atoms with E-state index < -0.39 is 5.95 Å². The van der Waals surface area contributed by atoms with Gasteiger partial charge in [-0.05, 0) is 46.3 Å². The number of aromatic nitrogens is 1. The molecular formula is C11H7BrClFN2. The molecule has 1 N–H and O–H groups in total. The lowest BCUT2D eigenvalue weighted by atomic mass is 10.3. The number of pyridine rings is 1. The number of nitrogens with zero attached hydrogens (tertiary/aromatic N) is 1. The summed E-state index contributed by atoms with van der Waals surface area (Å²) in [5.74, 6) is -0.0712. The Morgan fingerprint density at radius 1 is 1.25 bits per heavy atom. The molecule has 0 unspecified atom stereocenters. The van der Waals surface area contributed by atoms with Crippen LogP contribution in [0.3, 0.4) is 0 Å². The van der Waals surface area contributed by atoms with Crippen molar-refractivity contribution in [1.29, 1.82) is 0 Å². The maximum absolute atomic E-state index is 12.9. The number of anilines is 2. The third-order valence-electron chi connectivity index (χ3n) is 1.91. The van der Waals surface area contributed by atoms with Crippen LogP contribution < -0.4 is 5.32 Å². The van der Waals surface area contributed by atoms with Crippen LogP contribution in [0.2, 0.25) is 5.02 Å². The Bertz CT molecular complexity index is 519. The second-order valence-electron chi connectivity index (χ2n) is 3.09. The van der Waals surface area contributed by atoms with Gasteiger partial charge >= 0.3 is 0 Å². The Hall–Kier alpha value is -1.13. The second-order valence-corrected chi connectivity index (χ2v) is 4.39. The zero-order valence-corrected chi connectivity index (χ0v) is 10.4. The maximum atomic E-state index is 12.9. The first kappa shape index (κ1) is 11.4. The molecular weight excluding hydrogens is 294 g/mol. The third kappa shape index (κ3) is 2.71. The quantitative estimate of drug-likeness (QED) is 0.833. The summed E-state index contributed by atoms with van der Waals surface area (Å²) < 4.78 is 13.6. The lowest BCUT2D eigenvalue weighted by Crippen LogP contribution is -1.95. The Balaban J connectivity index is 2.27. The monoisotopic (exact) mass is 300 g/mol. The number of benzene rings is 1. The molecule has 1 aromatic carbocycles. The number of hydrogen-bond donors (Lipinski definition) is 1. The summed E-state index contributed by atoms with van der Waals surface area (Å²) in [7, 11) is 0. The van der Waals surface area contributed by atoms with E-state index in [0.29, 0.717) is 10.8 Å². The summed E-state index contributed by atoms with van der Waals surface area (Å²) >= 11 is 9.17. The minimum Gasteiger partial charge on any atom is -0.339 e. The minimum atomic E-state index is -0.518. The summed E-state index contributed by atoms with van der Waals surface area (Å²) in [6.07, 6.45) is 0. The van der Waals surface area contributed by atoms with Crippen LogP contribution in [0.1, 0.15) is 0 Å². The van der Waals surface area contributed by atoms with Crippen LogP contribution in [0.15, 0.2) is 40.9 Å². The van der Waals surface area contributed by atoms with Crippen LogP contribution in [0.5, 0.6) is 0 Å². The molecule has 2 nitrogen and oxygen atoms in total. The van der Waals surface area contributed by atoms with Crippen molar-refractivity contribution >= 4 is 39.0 Å². The molecule has 0 saturated heterocycles. The third-order valence-corrected chi connectivity index (χ3v) is 2.80. The van der Waals surface area contributed by atoms with Gasteiger partial charge in [0.05, 0.1) is 5.69 Å². The van der Waals surface area contributed by atoms with Crippen LogP contribution in [-0.2, 0) is 0 Å². The Morgan fingerprint density at radius 2 is 2.06 bits per heavy atom. The average molecular weight is 302 g/mol. The molecule has 16 heavy (non-hydrogen) atoms. The van der Waals surface area contributed by atoms with E-state index in [1.54, 1.807) is 30.3 Å². The van der Waals surface area contributed by atoms with Crippen molar-refractivity contribution in [2.45, 2.75) is 0 Å². The van der Waals surface area contributed by atoms with E-state index in [2.05, 4.69) is 26.2 Å². The molecule has 0 radical (unpaired) electrons. The molecule has 0 aliphatic rings. The van der Waals surface area contributed by atoms with Crippen LogP contribution in [0, 0.1) is 5.95 Å². The lowest BCUT2D eigenvalue weighted by molar-refractivity contribution is 0.585. The molecule has 0 atom stereocenters. The Morgan fingerprint density at radius 3 is 2.75 bits per heavy atom. The molecule has 0 aliphatic carbocycles. The van der Waals surface area contributed by atoms with E-state index in [0.717, 1.165) is 10.2 Å². The standard InChI is InChI=1S/C11H7BrClFN2/c12-8-6-7(13)4-5-9(8)15-11-3-1-2-10(14)16-11/h1-6H,(H,15,16). The van der Waals surface area contributed by atoms with Crippen LogP contribution in [-0.4, -0.2) is 4.98 Å². The zero-order valence-electron chi connectivity index (χ0n) is 8.05. The second kappa shape index (κ2) is 4.80. The van der Waals surface area contributed by atoms with E-state index in [9.17, 15) is 4.39 Å². The van der Waals surface area contributed by atoms with E-state index in [1.807, 2.05) is 0 Å². The highest BCUT2D eigenvalue weighted by Gasteiger charge is 2.02. The van der Waals surface area contributed by atoms with Gasteiger partial charge in [0.15, 0.2) is 0 Å². The van der Waals surface area contributed by atoms with Crippen molar-refractivity contribution < 1.29 is 4.39 Å². The lowest BCUT2D eigenvalue weighted by Gasteiger charge is -2.07. The van der Waals surface area contributed by atoms with Gasteiger partial charge in [-0.1, -0.05) is 17.7 Å². The molecule has 5 heteroatoms. The van der Waals surface area contributed by atoms with E-state index in [-0.39, 0.29) is 0 Å². The highest BCUT2D eigenvalue weighted by atomic mass is 79.9. The van der Waals surface area contributed by atoms with Gasteiger partial charge in [0.1, 0.15) is 5.82 Å². The van der Waals surface area contributed by atoms with Gasteiger partial charge in [0, 0.05) is 9.50 Å². The summed E-state index contributed by atoms with van der Waals surface area (Å²) in [5.41, 5.74) is 0.780. The van der Waals surface area contributed by atoms with Crippen molar-refractivity contribution in [1.82, 2.24) is 4.98 Å². The molecule has 1 heterocycles. The fourth-order valence-electron chi connectivity index (χ4n) is 1.21. The summed E-state index contributed by atoms with van der Waals surface area (Å²) in [5, 5.41) is 3.61. The fraction of sp³-hybridized carbons (Fsp3) is 0. The van der Waals surface area contributed by atoms with Gasteiger partial charge in [-0.2, -0.15) is 4.39 Å². The first-order valence-corrected chi connectivity index (χ1v) is 5.67. The summed E-state index contributed by atoms with van der Waals surface area (Å²) in [6, 6.07) is 9.86. The molecule has 0 spiro atoms. The Labute approximate surface area is 106 Å². The van der Waals surface area contributed by atoms with Crippen molar-refractivity contribution in [3.63, 3.8) is 0 Å². The number of rotatable bonds is 2. The van der Waals surface area contributed by atoms with Crippen molar-refractivity contribution in [2.24, 2.45) is 0 Å². The smallest absolute Gasteiger partial charge is 0.214 e. The molecule has 0 bridgehead atoms. The molecule has 82 valence electrons. The highest BCUT2D eigenvalue weighted by Crippen LogP contribution is 2.27. The summed E-state index contributed by atoms with van der Waals surface area (Å²) in [4.78, 5) is 3.70. The van der Waals surface area contributed by atoms with Gasteiger partial charge in [-0.3, -0.25) is 0 Å². The van der Waals surface area contributed by atoms with Gasteiger partial charge in [0.25, 0.3) is 0 Å². The van der Waals surface area contributed by atoms with Crippen LogP contribution in [0.4, 0.5) is 15.9 Å². The van der Waals surface area contributed by atoms with Crippen molar-refractivity contribution in [3.8, 4) is 0 Å². The fourth-order valence-corrected chi connectivity index (χ4v) is 1.99. The number of halogens is 3.